The van der Waals surface area contributed by atoms with E-state index >= 15 is 0 Å². The van der Waals surface area contributed by atoms with Crippen molar-refractivity contribution in [1.82, 2.24) is 4.90 Å². The van der Waals surface area contributed by atoms with Crippen molar-refractivity contribution in [3.8, 4) is 0 Å². The normalized spacial score (nSPS) is 18.1. The lowest BCUT2D eigenvalue weighted by Gasteiger charge is -2.27. The minimum absolute atomic E-state index is 0.232. The Hall–Kier alpha value is -0.650. The Balaban J connectivity index is 2.52. The highest BCUT2D eigenvalue weighted by Crippen LogP contribution is 2.28. The summed E-state index contributed by atoms with van der Waals surface area (Å²) in [4.78, 5) is 13.0. The summed E-state index contributed by atoms with van der Waals surface area (Å²) in [5, 5.41) is 9.09. The molecule has 0 aromatic carbocycles. The fourth-order valence-electron chi connectivity index (χ4n) is 1.66. The van der Waals surface area contributed by atoms with E-state index in [0.29, 0.717) is 19.2 Å². The Kier molecular flexibility index (Phi) is 5.01. The molecule has 5 heteroatoms. The number of carboxylic acids is 1. The molecular weight excluding hydrogens is 198 g/mol. The maximum absolute atomic E-state index is 11.1. The molecule has 0 heterocycles. The average molecular weight is 217 g/mol. The van der Waals surface area contributed by atoms with Gasteiger partial charge in [0.2, 0.25) is 0 Å². The first-order chi connectivity index (χ1) is 7.20. The van der Waals surface area contributed by atoms with Gasteiger partial charge in [-0.05, 0) is 12.8 Å². The van der Waals surface area contributed by atoms with Crippen LogP contribution < -0.4 is 0 Å². The predicted octanol–water partition coefficient (Wildman–Crippen LogP) is 0.197. The van der Waals surface area contributed by atoms with Gasteiger partial charge in [0.15, 0.2) is 0 Å². The average Bonchev–Trinajstić information content (AvgIpc) is 3.00. The second kappa shape index (κ2) is 6.05. The van der Waals surface area contributed by atoms with E-state index in [1.807, 2.05) is 4.90 Å². The predicted molar refractivity (Wildman–Crippen MR) is 54.9 cm³/mol. The number of hydrogen-bond donors (Lipinski definition) is 1. The van der Waals surface area contributed by atoms with E-state index in [0.717, 1.165) is 12.8 Å². The minimum atomic E-state index is -0.820. The number of hydrogen-bond acceptors (Lipinski definition) is 4. The maximum Gasteiger partial charge on any atom is 0.323 e. The quantitative estimate of drug-likeness (QED) is 0.629. The zero-order valence-corrected chi connectivity index (χ0v) is 9.31. The van der Waals surface area contributed by atoms with Crippen LogP contribution in [0.5, 0.6) is 0 Å². The van der Waals surface area contributed by atoms with Crippen LogP contribution >= 0.6 is 0 Å². The first-order valence-electron chi connectivity index (χ1n) is 5.17. The van der Waals surface area contributed by atoms with Gasteiger partial charge < -0.3 is 14.6 Å². The summed E-state index contributed by atoms with van der Waals surface area (Å²) in [6.45, 7) is 1.45. The van der Waals surface area contributed by atoms with Crippen LogP contribution in [0.25, 0.3) is 0 Å². The third-order valence-electron chi connectivity index (χ3n) is 2.58. The van der Waals surface area contributed by atoms with Gasteiger partial charge in [0.1, 0.15) is 6.04 Å². The van der Waals surface area contributed by atoms with Crippen molar-refractivity contribution in [3.05, 3.63) is 0 Å². The Bertz CT molecular complexity index is 206. The highest BCUT2D eigenvalue weighted by atomic mass is 16.5. The molecule has 0 aromatic heterocycles. The van der Waals surface area contributed by atoms with Crippen LogP contribution in [-0.4, -0.2) is 62.0 Å². The SMILES string of the molecule is COCCN(C1CC1)C(COC)C(=O)O. The number of ether oxygens (including phenoxy) is 2. The van der Waals surface area contributed by atoms with Gasteiger partial charge in [-0.3, -0.25) is 9.69 Å². The van der Waals surface area contributed by atoms with Gasteiger partial charge >= 0.3 is 5.97 Å². The lowest BCUT2D eigenvalue weighted by Crippen LogP contribution is -2.47. The van der Waals surface area contributed by atoms with E-state index in [1.54, 1.807) is 7.11 Å². The largest absolute Gasteiger partial charge is 0.480 e. The second-order valence-electron chi connectivity index (χ2n) is 3.77. The third-order valence-corrected chi connectivity index (χ3v) is 2.58. The topological polar surface area (TPSA) is 59.0 Å². The molecule has 1 atom stereocenters. The molecular formula is C10H19NO4. The van der Waals surface area contributed by atoms with Gasteiger partial charge in [0.25, 0.3) is 0 Å². The fourth-order valence-corrected chi connectivity index (χ4v) is 1.66. The van der Waals surface area contributed by atoms with Crippen LogP contribution in [0.4, 0.5) is 0 Å². The molecule has 1 saturated carbocycles. The van der Waals surface area contributed by atoms with E-state index in [1.165, 1.54) is 7.11 Å². The summed E-state index contributed by atoms with van der Waals surface area (Å²) in [6, 6.07) is -0.144. The number of carbonyl (C=O) groups is 1. The summed E-state index contributed by atoms with van der Waals surface area (Å²) < 4.78 is 9.92. The molecule has 0 amide bonds. The summed E-state index contributed by atoms with van der Waals surface area (Å²) in [6.07, 6.45) is 2.16. The lowest BCUT2D eigenvalue weighted by atomic mass is 10.2. The van der Waals surface area contributed by atoms with Crippen LogP contribution in [0.15, 0.2) is 0 Å². The van der Waals surface area contributed by atoms with E-state index in [2.05, 4.69) is 0 Å². The van der Waals surface area contributed by atoms with Crippen molar-refractivity contribution in [1.29, 1.82) is 0 Å². The van der Waals surface area contributed by atoms with Crippen molar-refractivity contribution < 1.29 is 19.4 Å². The molecule has 0 saturated heterocycles. The van der Waals surface area contributed by atoms with Crippen molar-refractivity contribution in [3.63, 3.8) is 0 Å². The summed E-state index contributed by atoms with van der Waals surface area (Å²) in [5.41, 5.74) is 0. The van der Waals surface area contributed by atoms with Crippen LogP contribution in [0.1, 0.15) is 12.8 Å². The number of nitrogens with zero attached hydrogens (tertiary/aromatic N) is 1. The molecule has 5 nitrogen and oxygen atoms in total. The molecule has 1 fully saturated rings. The molecule has 0 aromatic rings. The minimum Gasteiger partial charge on any atom is -0.480 e. The lowest BCUT2D eigenvalue weighted by molar-refractivity contribution is -0.146. The molecule has 1 N–H and O–H groups in total. The van der Waals surface area contributed by atoms with Crippen molar-refractivity contribution in [2.45, 2.75) is 24.9 Å². The molecule has 15 heavy (non-hydrogen) atoms. The van der Waals surface area contributed by atoms with Crippen LogP contribution in [-0.2, 0) is 14.3 Å². The van der Waals surface area contributed by atoms with E-state index in [-0.39, 0.29) is 6.61 Å². The Morgan fingerprint density at radius 3 is 2.53 bits per heavy atom. The molecule has 0 spiro atoms. The van der Waals surface area contributed by atoms with Crippen LogP contribution in [0.3, 0.4) is 0 Å². The molecule has 1 rings (SSSR count). The zero-order chi connectivity index (χ0) is 11.3. The Morgan fingerprint density at radius 2 is 2.13 bits per heavy atom. The van der Waals surface area contributed by atoms with Crippen LogP contribution in [0, 0.1) is 0 Å². The van der Waals surface area contributed by atoms with Gasteiger partial charge in [-0.15, -0.1) is 0 Å². The van der Waals surface area contributed by atoms with Crippen LogP contribution in [0.2, 0.25) is 0 Å². The smallest absolute Gasteiger partial charge is 0.323 e. The Labute approximate surface area is 90.0 Å². The highest BCUT2D eigenvalue weighted by Gasteiger charge is 2.36. The molecule has 0 bridgehead atoms. The molecule has 0 radical (unpaired) electrons. The number of rotatable bonds is 8. The molecule has 1 unspecified atom stereocenters. The maximum atomic E-state index is 11.1. The fraction of sp³-hybridized carbons (Fsp3) is 0.900. The summed E-state index contributed by atoms with van der Waals surface area (Å²) >= 11 is 0. The summed E-state index contributed by atoms with van der Waals surface area (Å²) in [5.74, 6) is -0.820. The first kappa shape index (κ1) is 12.4. The molecule has 1 aliphatic carbocycles. The number of aliphatic carboxylic acids is 1. The van der Waals surface area contributed by atoms with Crippen molar-refractivity contribution in [2.24, 2.45) is 0 Å². The molecule has 1 aliphatic rings. The monoisotopic (exact) mass is 217 g/mol. The van der Waals surface area contributed by atoms with Gasteiger partial charge in [-0.2, -0.15) is 0 Å². The molecule has 0 aliphatic heterocycles. The van der Waals surface area contributed by atoms with Gasteiger partial charge in [-0.1, -0.05) is 0 Å². The van der Waals surface area contributed by atoms with E-state index in [9.17, 15) is 4.79 Å². The van der Waals surface area contributed by atoms with Gasteiger partial charge in [0.05, 0.1) is 13.2 Å². The summed E-state index contributed by atoms with van der Waals surface area (Å²) in [7, 11) is 3.15. The van der Waals surface area contributed by atoms with Gasteiger partial charge in [-0.25, -0.2) is 0 Å². The van der Waals surface area contributed by atoms with E-state index in [4.69, 9.17) is 14.6 Å². The number of methoxy groups -OCH3 is 2. The number of carboxylic acid groups (broad SMARTS) is 1. The Morgan fingerprint density at radius 1 is 1.47 bits per heavy atom. The third kappa shape index (κ3) is 3.77. The second-order valence-corrected chi connectivity index (χ2v) is 3.77. The highest BCUT2D eigenvalue weighted by molar-refractivity contribution is 5.73. The van der Waals surface area contributed by atoms with E-state index < -0.39 is 12.0 Å². The zero-order valence-electron chi connectivity index (χ0n) is 9.31. The first-order valence-corrected chi connectivity index (χ1v) is 5.17. The van der Waals surface area contributed by atoms with Crippen molar-refractivity contribution >= 4 is 5.97 Å². The van der Waals surface area contributed by atoms with Gasteiger partial charge in [0, 0.05) is 26.8 Å². The standard InChI is InChI=1S/C10H19NO4/c1-14-6-5-11(8-3-4-8)9(7-15-2)10(12)13/h8-9H,3-7H2,1-2H3,(H,12,13). The molecule has 88 valence electrons. The van der Waals surface area contributed by atoms with Crippen molar-refractivity contribution in [2.75, 3.05) is 34.0 Å².